The van der Waals surface area contributed by atoms with Crippen LogP contribution in [0.1, 0.15) is 4.79 Å². The Kier molecular flexibility index (Phi) is 3.44. The monoisotopic (exact) mass is 301 g/mol. The van der Waals surface area contributed by atoms with Crippen molar-refractivity contribution in [2.45, 2.75) is 5.03 Å². The first kappa shape index (κ1) is 13.4. The molecule has 2 N–H and O–H groups in total. The van der Waals surface area contributed by atoms with Crippen molar-refractivity contribution in [1.29, 1.82) is 0 Å². The summed E-state index contributed by atoms with van der Waals surface area (Å²) < 4.78 is 2.20. The van der Waals surface area contributed by atoms with E-state index in [2.05, 4.69) is 10.1 Å². The highest BCUT2D eigenvalue weighted by molar-refractivity contribution is 7.99. The zero-order valence-electron chi connectivity index (χ0n) is 10.8. The first-order valence-corrected chi connectivity index (χ1v) is 7.07. The molecule has 0 saturated carbocycles. The van der Waals surface area contributed by atoms with Gasteiger partial charge in [-0.15, -0.1) is 9.78 Å². The van der Waals surface area contributed by atoms with Gasteiger partial charge in [0, 0.05) is 6.20 Å². The minimum absolute atomic E-state index is 0.0701. The summed E-state index contributed by atoms with van der Waals surface area (Å²) in [5.74, 6) is -0.326. The van der Waals surface area contributed by atoms with Crippen molar-refractivity contribution in [2.75, 3.05) is 11.5 Å². The molecule has 3 aromatic heterocycles. The molecule has 0 atom stereocenters. The van der Waals surface area contributed by atoms with Gasteiger partial charge in [-0.2, -0.15) is 0 Å². The summed E-state index contributed by atoms with van der Waals surface area (Å²) in [7, 11) is 0. The fourth-order valence-corrected chi connectivity index (χ4v) is 2.45. The van der Waals surface area contributed by atoms with Crippen LogP contribution in [0.5, 0.6) is 0 Å². The molecule has 3 rings (SSSR count). The smallest absolute Gasteiger partial charge is 0.357 e. The quantitative estimate of drug-likeness (QED) is 0.722. The number of carbonyl (C=O) groups excluding carboxylic acids is 1. The van der Waals surface area contributed by atoms with Gasteiger partial charge in [-0.25, -0.2) is 14.2 Å². The number of fused-ring (bicyclic) bond motifs is 1. The fraction of sp³-hybridized carbons (Fsp3) is 0.0769. The molecule has 0 fully saturated rings. The Balaban J connectivity index is 1.79. The molecule has 0 aliphatic heterocycles. The highest BCUT2D eigenvalue weighted by atomic mass is 32.2. The van der Waals surface area contributed by atoms with Gasteiger partial charge in [0.1, 0.15) is 0 Å². The number of hydrogen-bond acceptors (Lipinski definition) is 6. The molecule has 8 heteroatoms. The van der Waals surface area contributed by atoms with Crippen LogP contribution in [-0.2, 0) is 0 Å². The molecule has 0 radical (unpaired) electrons. The van der Waals surface area contributed by atoms with Crippen LogP contribution >= 0.6 is 11.8 Å². The number of anilines is 1. The van der Waals surface area contributed by atoms with Crippen LogP contribution in [0.2, 0.25) is 0 Å². The van der Waals surface area contributed by atoms with Crippen molar-refractivity contribution in [3.05, 3.63) is 53.2 Å². The Morgan fingerprint density at radius 1 is 1.29 bits per heavy atom. The van der Waals surface area contributed by atoms with E-state index in [0.717, 1.165) is 4.68 Å². The predicted octanol–water partition coefficient (Wildman–Crippen LogP) is 0.906. The minimum atomic E-state index is -0.471. The van der Waals surface area contributed by atoms with Crippen LogP contribution < -0.4 is 11.4 Å². The predicted molar refractivity (Wildman–Crippen MR) is 79.5 cm³/mol. The van der Waals surface area contributed by atoms with E-state index in [9.17, 15) is 9.59 Å². The van der Waals surface area contributed by atoms with E-state index in [4.69, 9.17) is 5.73 Å². The largest absolute Gasteiger partial charge is 0.397 e. The lowest BCUT2D eigenvalue weighted by Gasteiger charge is -2.00. The van der Waals surface area contributed by atoms with Crippen molar-refractivity contribution < 1.29 is 4.79 Å². The van der Waals surface area contributed by atoms with Gasteiger partial charge >= 0.3 is 5.69 Å². The summed E-state index contributed by atoms with van der Waals surface area (Å²) in [6.07, 6.45) is 3.09. The fourth-order valence-electron chi connectivity index (χ4n) is 1.76. The first-order valence-electron chi connectivity index (χ1n) is 6.09. The van der Waals surface area contributed by atoms with Crippen LogP contribution in [-0.4, -0.2) is 30.8 Å². The Labute approximate surface area is 123 Å². The third-order valence-corrected chi connectivity index (χ3v) is 3.70. The highest BCUT2D eigenvalue weighted by Crippen LogP contribution is 2.15. The van der Waals surface area contributed by atoms with Crippen LogP contribution in [0.15, 0.2) is 52.5 Å². The number of rotatable bonds is 3. The van der Waals surface area contributed by atoms with Crippen LogP contribution in [0.25, 0.3) is 5.65 Å². The van der Waals surface area contributed by atoms with Gasteiger partial charge in [0.15, 0.2) is 5.65 Å². The summed E-state index contributed by atoms with van der Waals surface area (Å²) in [4.78, 5) is 28.2. The molecule has 0 unspecified atom stereocenters. The van der Waals surface area contributed by atoms with Crippen LogP contribution in [0.4, 0.5) is 5.69 Å². The van der Waals surface area contributed by atoms with Crippen molar-refractivity contribution in [1.82, 2.24) is 19.2 Å². The van der Waals surface area contributed by atoms with E-state index >= 15 is 0 Å². The van der Waals surface area contributed by atoms with Gasteiger partial charge in [0.25, 0.3) is 5.91 Å². The summed E-state index contributed by atoms with van der Waals surface area (Å²) in [6, 6.07) is 8.55. The lowest BCUT2D eigenvalue weighted by molar-refractivity contribution is 0.0922. The summed E-state index contributed by atoms with van der Waals surface area (Å²) in [5.41, 5.74) is 6.06. The zero-order valence-corrected chi connectivity index (χ0v) is 11.7. The van der Waals surface area contributed by atoms with E-state index < -0.39 is 11.6 Å². The maximum atomic E-state index is 12.1. The third kappa shape index (κ3) is 2.65. The average Bonchev–Trinajstić information content (AvgIpc) is 2.84. The first-order chi connectivity index (χ1) is 10.1. The van der Waals surface area contributed by atoms with Crippen molar-refractivity contribution >= 4 is 29.0 Å². The second-order valence-electron chi connectivity index (χ2n) is 4.24. The summed E-state index contributed by atoms with van der Waals surface area (Å²) >= 11 is 1.23. The van der Waals surface area contributed by atoms with Crippen molar-refractivity contribution in [3.63, 3.8) is 0 Å². The molecule has 0 spiro atoms. The van der Waals surface area contributed by atoms with Crippen molar-refractivity contribution in [3.8, 4) is 0 Å². The number of pyridine rings is 2. The van der Waals surface area contributed by atoms with E-state index in [0.29, 0.717) is 16.4 Å². The number of nitrogen functional groups attached to an aromatic ring is 1. The second kappa shape index (κ2) is 5.41. The normalized spacial score (nSPS) is 10.9. The molecule has 0 saturated heterocycles. The Morgan fingerprint density at radius 3 is 2.86 bits per heavy atom. The van der Waals surface area contributed by atoms with Crippen molar-refractivity contribution in [2.24, 2.45) is 0 Å². The van der Waals surface area contributed by atoms with Gasteiger partial charge in [-0.3, -0.25) is 4.79 Å². The number of nitrogens with zero attached hydrogens (tertiary/aromatic N) is 4. The van der Waals surface area contributed by atoms with E-state index in [1.807, 2.05) is 0 Å². The Bertz CT molecular complexity index is 853. The molecule has 7 nitrogen and oxygen atoms in total. The molecule has 106 valence electrons. The number of aromatic nitrogens is 4. The number of thioether (sulfide) groups is 1. The maximum absolute atomic E-state index is 12.1. The number of nitrogens with two attached hydrogens (primary N) is 1. The molecule has 0 amide bonds. The standard InChI is InChI=1S/C13H11N5O2S/c14-9-4-5-11(15-7-9)21-8-12(19)18-13(20)17-6-2-1-3-10(17)16-18/h1-7H,8,14H2. The number of hydrogen-bond donors (Lipinski definition) is 1. The van der Waals surface area contributed by atoms with Gasteiger partial charge in [-0.1, -0.05) is 17.8 Å². The van der Waals surface area contributed by atoms with Gasteiger partial charge in [0.05, 0.1) is 22.7 Å². The molecule has 0 aromatic carbocycles. The maximum Gasteiger partial charge on any atom is 0.357 e. The third-order valence-electron chi connectivity index (χ3n) is 2.77. The second-order valence-corrected chi connectivity index (χ2v) is 5.23. The zero-order chi connectivity index (χ0) is 14.8. The number of carbonyl (C=O) groups is 1. The summed E-state index contributed by atoms with van der Waals surface area (Å²) in [6.45, 7) is 0. The van der Waals surface area contributed by atoms with Crippen LogP contribution in [0, 0.1) is 0 Å². The Hall–Kier alpha value is -2.61. The van der Waals surface area contributed by atoms with Crippen LogP contribution in [0.3, 0.4) is 0 Å². The molecule has 3 aromatic rings. The average molecular weight is 301 g/mol. The van der Waals surface area contributed by atoms with Gasteiger partial charge < -0.3 is 5.73 Å². The minimum Gasteiger partial charge on any atom is -0.397 e. The highest BCUT2D eigenvalue weighted by Gasteiger charge is 2.14. The summed E-state index contributed by atoms with van der Waals surface area (Å²) in [5, 5.41) is 4.66. The molecular formula is C13H11N5O2S. The SMILES string of the molecule is Nc1ccc(SCC(=O)n2nc3ccccn3c2=O)nc1. The molecular weight excluding hydrogens is 290 g/mol. The topological polar surface area (TPSA) is 95.3 Å². The van der Waals surface area contributed by atoms with Gasteiger partial charge in [-0.05, 0) is 24.3 Å². The molecule has 0 aliphatic carbocycles. The van der Waals surface area contributed by atoms with E-state index in [-0.39, 0.29) is 5.75 Å². The molecule has 21 heavy (non-hydrogen) atoms. The molecule has 0 aliphatic rings. The van der Waals surface area contributed by atoms with E-state index in [1.165, 1.54) is 22.4 Å². The van der Waals surface area contributed by atoms with Gasteiger partial charge in [0.2, 0.25) is 0 Å². The Morgan fingerprint density at radius 2 is 2.14 bits per heavy atom. The molecule has 0 bridgehead atoms. The lowest BCUT2D eigenvalue weighted by atomic mass is 10.4. The lowest BCUT2D eigenvalue weighted by Crippen LogP contribution is -2.28. The molecule has 3 heterocycles. The van der Waals surface area contributed by atoms with E-state index in [1.54, 1.807) is 36.5 Å².